The van der Waals surface area contributed by atoms with E-state index in [1.54, 1.807) is 0 Å². The average Bonchev–Trinajstić information content (AvgIpc) is 3.30. The Morgan fingerprint density at radius 3 is 2.43 bits per heavy atom. The Kier molecular flexibility index (Phi) is 5.99. The third kappa shape index (κ3) is 5.25. The number of nitrogens with one attached hydrogen (secondary N) is 1. The van der Waals surface area contributed by atoms with Gasteiger partial charge in [0.2, 0.25) is 0 Å². The maximum absolute atomic E-state index is 4.05. The van der Waals surface area contributed by atoms with Crippen molar-refractivity contribution in [2.24, 2.45) is 11.8 Å². The fourth-order valence-corrected chi connectivity index (χ4v) is 4.54. The van der Waals surface area contributed by atoms with Crippen molar-refractivity contribution in [2.75, 3.05) is 19.6 Å². The van der Waals surface area contributed by atoms with Crippen LogP contribution in [0.5, 0.6) is 0 Å². The molecule has 0 aromatic heterocycles. The molecule has 21 heavy (non-hydrogen) atoms. The zero-order chi connectivity index (χ0) is 14.5. The molecule has 1 aliphatic heterocycles. The number of likely N-dealkylation sites (tertiary alicyclic amines) is 1. The molecular formula is C19H36N2. The molecule has 0 bridgehead atoms. The summed E-state index contributed by atoms with van der Waals surface area (Å²) in [6.45, 7) is 6.45. The van der Waals surface area contributed by atoms with Gasteiger partial charge in [0.15, 0.2) is 0 Å². The minimum Gasteiger partial charge on any atom is -0.310 e. The van der Waals surface area contributed by atoms with Crippen LogP contribution in [-0.2, 0) is 0 Å². The number of hydrogen-bond acceptors (Lipinski definition) is 2. The van der Waals surface area contributed by atoms with E-state index in [1.807, 2.05) is 0 Å². The quantitative estimate of drug-likeness (QED) is 0.756. The third-order valence-electron chi connectivity index (χ3n) is 5.87. The maximum Gasteiger partial charge on any atom is 0.0200 e. The third-order valence-corrected chi connectivity index (χ3v) is 5.87. The fraction of sp³-hybridized carbons (Fsp3) is 1.00. The van der Waals surface area contributed by atoms with Crippen LogP contribution in [0.25, 0.3) is 0 Å². The van der Waals surface area contributed by atoms with Gasteiger partial charge in [-0.3, -0.25) is 0 Å². The van der Waals surface area contributed by atoms with E-state index in [1.165, 1.54) is 90.3 Å². The number of piperidine rings is 1. The van der Waals surface area contributed by atoms with Crippen LogP contribution in [0.4, 0.5) is 0 Å². The topological polar surface area (TPSA) is 15.3 Å². The second-order valence-corrected chi connectivity index (χ2v) is 8.10. The second-order valence-electron chi connectivity index (χ2n) is 8.10. The van der Waals surface area contributed by atoms with Crippen LogP contribution in [0.2, 0.25) is 0 Å². The minimum atomic E-state index is 0.780. The molecule has 2 heteroatoms. The van der Waals surface area contributed by atoms with Crippen molar-refractivity contribution >= 4 is 0 Å². The lowest BCUT2D eigenvalue weighted by Crippen LogP contribution is -2.52. The molecule has 0 radical (unpaired) electrons. The summed E-state index contributed by atoms with van der Waals surface area (Å²) in [4.78, 5) is 2.81. The molecule has 122 valence electrons. The summed E-state index contributed by atoms with van der Waals surface area (Å²) in [7, 11) is 0. The van der Waals surface area contributed by atoms with Crippen molar-refractivity contribution in [1.82, 2.24) is 10.2 Å². The lowest BCUT2D eigenvalue weighted by atomic mass is 9.88. The molecule has 1 N–H and O–H groups in total. The average molecular weight is 293 g/mol. The molecule has 3 fully saturated rings. The van der Waals surface area contributed by atoms with Crippen molar-refractivity contribution < 1.29 is 0 Å². The Morgan fingerprint density at radius 1 is 0.905 bits per heavy atom. The van der Waals surface area contributed by atoms with E-state index >= 15 is 0 Å². The number of nitrogens with zero attached hydrogens (tertiary/aromatic N) is 1. The molecule has 2 nitrogen and oxygen atoms in total. The molecule has 3 aliphatic rings. The van der Waals surface area contributed by atoms with Crippen molar-refractivity contribution in [1.29, 1.82) is 0 Å². The molecule has 0 aromatic carbocycles. The van der Waals surface area contributed by atoms with Crippen LogP contribution in [0.15, 0.2) is 0 Å². The van der Waals surface area contributed by atoms with E-state index in [-0.39, 0.29) is 0 Å². The van der Waals surface area contributed by atoms with Gasteiger partial charge in [0.05, 0.1) is 0 Å². The molecule has 2 saturated carbocycles. The van der Waals surface area contributed by atoms with Crippen LogP contribution < -0.4 is 5.32 Å². The molecule has 2 unspecified atom stereocenters. The first-order chi connectivity index (χ1) is 10.3. The predicted octanol–water partition coefficient (Wildman–Crippen LogP) is 4.20. The highest BCUT2D eigenvalue weighted by molar-refractivity contribution is 4.89. The van der Waals surface area contributed by atoms with E-state index in [4.69, 9.17) is 0 Å². The second kappa shape index (κ2) is 7.97. The van der Waals surface area contributed by atoms with Gasteiger partial charge in [0.1, 0.15) is 0 Å². The van der Waals surface area contributed by atoms with E-state index in [0.717, 1.165) is 23.9 Å². The zero-order valence-electron chi connectivity index (χ0n) is 14.2. The van der Waals surface area contributed by atoms with Gasteiger partial charge in [-0.25, -0.2) is 0 Å². The summed E-state index contributed by atoms with van der Waals surface area (Å²) in [6.07, 6.45) is 15.9. The highest BCUT2D eigenvalue weighted by atomic mass is 15.2. The van der Waals surface area contributed by atoms with Crippen LogP contribution in [0, 0.1) is 11.8 Å². The normalized spacial score (nSPS) is 32.4. The lowest BCUT2D eigenvalue weighted by Gasteiger charge is -2.40. The molecule has 0 spiro atoms. The van der Waals surface area contributed by atoms with E-state index < -0.39 is 0 Å². The van der Waals surface area contributed by atoms with E-state index in [9.17, 15) is 0 Å². The summed E-state index contributed by atoms with van der Waals surface area (Å²) in [5, 5.41) is 4.05. The van der Waals surface area contributed by atoms with E-state index in [2.05, 4.69) is 17.1 Å². The fourth-order valence-electron chi connectivity index (χ4n) is 4.54. The Morgan fingerprint density at radius 2 is 1.71 bits per heavy atom. The monoisotopic (exact) mass is 292 g/mol. The molecule has 1 heterocycles. The van der Waals surface area contributed by atoms with Gasteiger partial charge >= 0.3 is 0 Å². The molecule has 2 atom stereocenters. The molecule has 1 saturated heterocycles. The summed E-state index contributed by atoms with van der Waals surface area (Å²) >= 11 is 0. The van der Waals surface area contributed by atoms with Crippen LogP contribution in [-0.4, -0.2) is 36.6 Å². The largest absolute Gasteiger partial charge is 0.310 e. The molecule has 0 amide bonds. The smallest absolute Gasteiger partial charge is 0.0200 e. The highest BCUT2D eigenvalue weighted by Gasteiger charge is 2.32. The summed E-state index contributed by atoms with van der Waals surface area (Å²) in [6, 6.07) is 1.61. The Balaban J connectivity index is 1.49. The van der Waals surface area contributed by atoms with Gasteiger partial charge in [-0.2, -0.15) is 0 Å². The van der Waals surface area contributed by atoms with Gasteiger partial charge in [-0.15, -0.1) is 0 Å². The van der Waals surface area contributed by atoms with Crippen LogP contribution in [0.1, 0.15) is 77.6 Å². The number of rotatable bonds is 7. The molecule has 2 aliphatic carbocycles. The lowest BCUT2D eigenvalue weighted by molar-refractivity contribution is 0.120. The van der Waals surface area contributed by atoms with Gasteiger partial charge in [-0.1, -0.05) is 39.0 Å². The van der Waals surface area contributed by atoms with Crippen molar-refractivity contribution in [3.8, 4) is 0 Å². The van der Waals surface area contributed by atoms with Crippen LogP contribution >= 0.6 is 0 Å². The van der Waals surface area contributed by atoms with Gasteiger partial charge in [-0.05, 0) is 50.4 Å². The first kappa shape index (κ1) is 15.8. The Hall–Kier alpha value is -0.0800. The van der Waals surface area contributed by atoms with E-state index in [0.29, 0.717) is 0 Å². The van der Waals surface area contributed by atoms with Crippen molar-refractivity contribution in [3.05, 3.63) is 0 Å². The predicted molar refractivity (Wildman–Crippen MR) is 90.6 cm³/mol. The number of hydrogen-bond donors (Lipinski definition) is 1. The number of unbranched alkanes of at least 4 members (excludes halogenated alkanes) is 1. The minimum absolute atomic E-state index is 0.780. The first-order valence-corrected chi connectivity index (χ1v) is 9.82. The maximum atomic E-state index is 4.05. The first-order valence-electron chi connectivity index (χ1n) is 9.82. The summed E-state index contributed by atoms with van der Waals surface area (Å²) in [5.41, 5.74) is 0. The standard InChI is InChI=1S/C19H36N2/c1-2-3-7-17-12-19(20-18-8-5-4-6-9-18)15-21(14-17)13-16-10-11-16/h16-20H,2-15H2,1H3. The Labute approximate surface area is 132 Å². The van der Waals surface area contributed by atoms with Gasteiger partial charge in [0, 0.05) is 31.7 Å². The van der Waals surface area contributed by atoms with Gasteiger partial charge in [0.25, 0.3) is 0 Å². The van der Waals surface area contributed by atoms with Crippen molar-refractivity contribution in [3.63, 3.8) is 0 Å². The molecule has 3 rings (SSSR count). The molecular weight excluding hydrogens is 256 g/mol. The zero-order valence-corrected chi connectivity index (χ0v) is 14.2. The Bertz CT molecular complexity index is 294. The summed E-state index contributed by atoms with van der Waals surface area (Å²) in [5.74, 6) is 2.00. The summed E-state index contributed by atoms with van der Waals surface area (Å²) < 4.78 is 0. The van der Waals surface area contributed by atoms with Crippen molar-refractivity contribution in [2.45, 2.75) is 89.6 Å². The van der Waals surface area contributed by atoms with Gasteiger partial charge < -0.3 is 10.2 Å². The molecule has 0 aromatic rings. The SMILES string of the molecule is CCCCC1CC(NC2CCCCC2)CN(CC2CC2)C1. The van der Waals surface area contributed by atoms with Crippen LogP contribution in [0.3, 0.4) is 0 Å². The highest BCUT2D eigenvalue weighted by Crippen LogP contribution is 2.32.